The number of fused-ring (bicyclic) bond motifs is 1. The molecule has 0 radical (unpaired) electrons. The Morgan fingerprint density at radius 2 is 1.86 bits per heavy atom. The molecule has 4 nitrogen and oxygen atoms in total. The SMILES string of the molecule is Cc1ccccc1Cn1c(C(=O)N(C)Cc2ccc(F)cc2)cc2occc21. The summed E-state index contributed by atoms with van der Waals surface area (Å²) >= 11 is 0. The van der Waals surface area contributed by atoms with Crippen LogP contribution in [-0.4, -0.2) is 22.4 Å². The number of aryl methyl sites for hydroxylation is 1. The zero-order chi connectivity index (χ0) is 19.7. The van der Waals surface area contributed by atoms with Crippen LogP contribution in [0.2, 0.25) is 0 Å². The predicted molar refractivity (Wildman–Crippen MR) is 107 cm³/mol. The van der Waals surface area contributed by atoms with E-state index in [0.29, 0.717) is 24.4 Å². The summed E-state index contributed by atoms with van der Waals surface area (Å²) in [5.41, 5.74) is 5.34. The minimum absolute atomic E-state index is 0.107. The van der Waals surface area contributed by atoms with Crippen LogP contribution in [0.15, 0.2) is 71.3 Å². The number of carbonyl (C=O) groups is 1. The van der Waals surface area contributed by atoms with Gasteiger partial charge in [-0.3, -0.25) is 4.79 Å². The van der Waals surface area contributed by atoms with E-state index in [1.807, 2.05) is 22.8 Å². The van der Waals surface area contributed by atoms with Crippen LogP contribution >= 0.6 is 0 Å². The van der Waals surface area contributed by atoms with Crippen LogP contribution in [0, 0.1) is 12.7 Å². The molecule has 0 aliphatic rings. The summed E-state index contributed by atoms with van der Waals surface area (Å²) in [7, 11) is 1.75. The zero-order valence-corrected chi connectivity index (χ0v) is 15.9. The fourth-order valence-corrected chi connectivity index (χ4v) is 3.41. The predicted octanol–water partition coefficient (Wildman–Crippen LogP) is 5.00. The maximum absolute atomic E-state index is 13.2. The van der Waals surface area contributed by atoms with Gasteiger partial charge in [-0.25, -0.2) is 4.39 Å². The molecule has 2 aromatic heterocycles. The Labute approximate surface area is 162 Å². The average Bonchev–Trinajstić information content (AvgIpc) is 3.27. The summed E-state index contributed by atoms with van der Waals surface area (Å²) in [5.74, 6) is -0.394. The molecule has 5 heteroatoms. The highest BCUT2D eigenvalue weighted by atomic mass is 19.1. The van der Waals surface area contributed by atoms with E-state index < -0.39 is 0 Å². The van der Waals surface area contributed by atoms with Crippen molar-refractivity contribution < 1.29 is 13.6 Å². The first-order valence-electron chi connectivity index (χ1n) is 9.14. The van der Waals surface area contributed by atoms with Crippen LogP contribution in [0.3, 0.4) is 0 Å². The maximum atomic E-state index is 13.2. The van der Waals surface area contributed by atoms with E-state index in [4.69, 9.17) is 4.42 Å². The highest BCUT2D eigenvalue weighted by molar-refractivity contribution is 5.97. The van der Waals surface area contributed by atoms with Crippen molar-refractivity contribution in [3.63, 3.8) is 0 Å². The van der Waals surface area contributed by atoms with Crippen molar-refractivity contribution >= 4 is 17.0 Å². The number of aromatic nitrogens is 1. The standard InChI is InChI=1S/C23H21FN2O2/c1-16-5-3-4-6-18(16)15-26-20-11-12-28-22(20)13-21(26)23(27)25(2)14-17-7-9-19(24)10-8-17/h3-13H,14-15H2,1-2H3. The molecule has 4 aromatic rings. The van der Waals surface area contributed by atoms with Crippen LogP contribution < -0.4 is 0 Å². The minimum atomic E-state index is -0.287. The van der Waals surface area contributed by atoms with Crippen LogP contribution in [0.4, 0.5) is 4.39 Å². The van der Waals surface area contributed by atoms with Crippen LogP contribution in [-0.2, 0) is 13.1 Å². The molecule has 0 atom stereocenters. The Bertz CT molecular complexity index is 1130. The molecule has 0 saturated heterocycles. The Morgan fingerprint density at radius 3 is 2.61 bits per heavy atom. The number of amides is 1. The number of furan rings is 1. The quantitative estimate of drug-likeness (QED) is 0.491. The Hall–Kier alpha value is -3.34. The van der Waals surface area contributed by atoms with Gasteiger partial charge in [0.05, 0.1) is 11.8 Å². The highest BCUT2D eigenvalue weighted by Gasteiger charge is 2.21. The number of hydrogen-bond acceptors (Lipinski definition) is 2. The molecule has 4 rings (SSSR count). The van der Waals surface area contributed by atoms with E-state index in [-0.39, 0.29) is 11.7 Å². The number of rotatable bonds is 5. The van der Waals surface area contributed by atoms with Crippen molar-refractivity contribution in [1.82, 2.24) is 9.47 Å². The van der Waals surface area contributed by atoms with Crippen LogP contribution in [0.5, 0.6) is 0 Å². The van der Waals surface area contributed by atoms with Crippen molar-refractivity contribution in [2.24, 2.45) is 0 Å². The van der Waals surface area contributed by atoms with Gasteiger partial charge in [0, 0.05) is 32.3 Å². The summed E-state index contributed by atoms with van der Waals surface area (Å²) in [6, 6.07) is 18.0. The number of halogens is 1. The van der Waals surface area contributed by atoms with Gasteiger partial charge >= 0.3 is 0 Å². The number of benzene rings is 2. The summed E-state index contributed by atoms with van der Waals surface area (Å²) in [6.07, 6.45) is 1.63. The van der Waals surface area contributed by atoms with E-state index in [0.717, 1.165) is 16.6 Å². The van der Waals surface area contributed by atoms with Gasteiger partial charge in [0.1, 0.15) is 11.5 Å². The van der Waals surface area contributed by atoms with Crippen molar-refractivity contribution in [2.45, 2.75) is 20.0 Å². The molecule has 0 saturated carbocycles. The second-order valence-electron chi connectivity index (χ2n) is 7.00. The van der Waals surface area contributed by atoms with E-state index in [9.17, 15) is 9.18 Å². The topological polar surface area (TPSA) is 38.4 Å². The molecule has 0 aliphatic carbocycles. The van der Waals surface area contributed by atoms with Crippen molar-refractivity contribution in [3.8, 4) is 0 Å². The lowest BCUT2D eigenvalue weighted by Gasteiger charge is -2.19. The normalized spacial score (nSPS) is 11.1. The third-order valence-electron chi connectivity index (χ3n) is 5.01. The van der Waals surface area contributed by atoms with Gasteiger partial charge in [-0.1, -0.05) is 36.4 Å². The van der Waals surface area contributed by atoms with Crippen molar-refractivity contribution in [3.05, 3.63) is 95.1 Å². The Morgan fingerprint density at radius 1 is 1.11 bits per heavy atom. The van der Waals surface area contributed by atoms with E-state index in [1.165, 1.54) is 17.7 Å². The van der Waals surface area contributed by atoms with E-state index >= 15 is 0 Å². The van der Waals surface area contributed by atoms with Gasteiger partial charge in [0.15, 0.2) is 5.58 Å². The third-order valence-corrected chi connectivity index (χ3v) is 5.01. The maximum Gasteiger partial charge on any atom is 0.270 e. The summed E-state index contributed by atoms with van der Waals surface area (Å²) < 4.78 is 20.7. The summed E-state index contributed by atoms with van der Waals surface area (Å²) in [4.78, 5) is 14.8. The molecule has 0 unspecified atom stereocenters. The molecule has 0 spiro atoms. The fourth-order valence-electron chi connectivity index (χ4n) is 3.41. The zero-order valence-electron chi connectivity index (χ0n) is 15.9. The third kappa shape index (κ3) is 3.43. The van der Waals surface area contributed by atoms with Gasteiger partial charge in [-0.2, -0.15) is 0 Å². The summed E-state index contributed by atoms with van der Waals surface area (Å²) in [5, 5.41) is 0. The second kappa shape index (κ2) is 7.35. The van der Waals surface area contributed by atoms with Crippen molar-refractivity contribution in [2.75, 3.05) is 7.05 Å². The molecule has 28 heavy (non-hydrogen) atoms. The monoisotopic (exact) mass is 376 g/mol. The second-order valence-corrected chi connectivity index (χ2v) is 7.00. The average molecular weight is 376 g/mol. The van der Waals surface area contributed by atoms with Gasteiger partial charge < -0.3 is 13.9 Å². The summed E-state index contributed by atoms with van der Waals surface area (Å²) in [6.45, 7) is 3.05. The first-order valence-corrected chi connectivity index (χ1v) is 9.14. The fraction of sp³-hybridized carbons (Fsp3) is 0.174. The minimum Gasteiger partial charge on any atom is -0.463 e. The molecule has 0 aliphatic heterocycles. The molecular formula is C23H21FN2O2. The van der Waals surface area contributed by atoms with Crippen molar-refractivity contribution in [1.29, 1.82) is 0 Å². The molecule has 142 valence electrons. The number of carbonyl (C=O) groups excluding carboxylic acids is 1. The molecule has 2 aromatic carbocycles. The highest BCUT2D eigenvalue weighted by Crippen LogP contribution is 2.24. The first kappa shape index (κ1) is 18.0. The molecule has 1 amide bonds. The van der Waals surface area contributed by atoms with E-state index in [2.05, 4.69) is 19.1 Å². The van der Waals surface area contributed by atoms with Gasteiger partial charge in [0.2, 0.25) is 0 Å². The lowest BCUT2D eigenvalue weighted by atomic mass is 10.1. The van der Waals surface area contributed by atoms with Gasteiger partial charge in [0.25, 0.3) is 5.91 Å². The molecule has 2 heterocycles. The van der Waals surface area contributed by atoms with Crippen LogP contribution in [0.25, 0.3) is 11.1 Å². The number of hydrogen-bond donors (Lipinski definition) is 0. The van der Waals surface area contributed by atoms with Gasteiger partial charge in [-0.05, 0) is 35.7 Å². The molecule has 0 bridgehead atoms. The first-order chi connectivity index (χ1) is 13.5. The Balaban J connectivity index is 1.65. The number of nitrogens with zero attached hydrogens (tertiary/aromatic N) is 2. The molecular weight excluding hydrogens is 355 g/mol. The lowest BCUT2D eigenvalue weighted by molar-refractivity contribution is 0.0775. The largest absolute Gasteiger partial charge is 0.463 e. The Kier molecular flexibility index (Phi) is 4.74. The van der Waals surface area contributed by atoms with Crippen LogP contribution in [0.1, 0.15) is 27.2 Å². The molecule has 0 N–H and O–H groups in total. The lowest BCUT2D eigenvalue weighted by Crippen LogP contribution is -2.28. The van der Waals surface area contributed by atoms with Gasteiger partial charge in [-0.15, -0.1) is 0 Å². The van der Waals surface area contributed by atoms with E-state index in [1.54, 1.807) is 36.4 Å². The smallest absolute Gasteiger partial charge is 0.270 e. The molecule has 0 fully saturated rings.